The van der Waals surface area contributed by atoms with Crippen LogP contribution in [-0.2, 0) is 29.0 Å². The lowest BCUT2D eigenvalue weighted by Gasteiger charge is -2.11. The van der Waals surface area contributed by atoms with Gasteiger partial charge in [0, 0.05) is 0 Å². The van der Waals surface area contributed by atoms with E-state index in [1.54, 1.807) is 0 Å². The molecule has 9 heteroatoms. The first-order valence-electron chi connectivity index (χ1n) is 8.44. The molecule has 0 fully saturated rings. The lowest BCUT2D eigenvalue weighted by Crippen LogP contribution is -2.14. The Kier molecular flexibility index (Phi) is 7.00. The monoisotopic (exact) mass is 418 g/mol. The van der Waals surface area contributed by atoms with E-state index in [4.69, 9.17) is 9.47 Å². The zero-order chi connectivity index (χ0) is 21.6. The molecule has 0 bridgehead atoms. The molecule has 8 nitrogen and oxygen atoms in total. The summed E-state index contributed by atoms with van der Waals surface area (Å²) < 4.78 is 35.8. The van der Waals surface area contributed by atoms with Crippen molar-refractivity contribution in [2.75, 3.05) is 0 Å². The first-order valence-corrected chi connectivity index (χ1v) is 9.92. The van der Waals surface area contributed by atoms with Gasteiger partial charge in [-0.1, -0.05) is 12.1 Å². The number of hydrogen-bond acceptors (Lipinski definition) is 8. The Morgan fingerprint density at radius 2 is 1.28 bits per heavy atom. The van der Waals surface area contributed by atoms with E-state index in [1.165, 1.54) is 62.4 Å². The van der Waals surface area contributed by atoms with Gasteiger partial charge in [-0.05, 0) is 50.2 Å². The number of Topliss-reactive ketones (excluding diaryl/α,β-unsaturated/α-hetero) is 2. The van der Waals surface area contributed by atoms with Gasteiger partial charge in [0.25, 0.3) is 0 Å². The van der Waals surface area contributed by atoms with Gasteiger partial charge in [-0.2, -0.15) is 0 Å². The predicted octanol–water partition coefficient (Wildman–Crippen LogP) is 2.29. The molecule has 0 aromatic heterocycles. The van der Waals surface area contributed by atoms with Crippen LogP contribution in [0.4, 0.5) is 0 Å². The highest BCUT2D eigenvalue weighted by Crippen LogP contribution is 2.30. The van der Waals surface area contributed by atoms with Gasteiger partial charge in [0.2, 0.25) is 9.84 Å². The second-order valence-electron chi connectivity index (χ2n) is 6.13. The normalized spacial score (nSPS) is 10.8. The maximum absolute atomic E-state index is 12.9. The fourth-order valence-corrected chi connectivity index (χ4v) is 3.68. The minimum absolute atomic E-state index is 0.0800. The standard InChI is InChI=1S/C20H18O8S/c1-13(21)11-19(23)27-15-7-9-16(10-8-15)29(25,26)18-6-4-3-5-17(18)28-20(24)12-14(2)22/h3-10H,11-12H2,1-2H3. The Morgan fingerprint density at radius 3 is 1.83 bits per heavy atom. The molecular formula is C20H18O8S. The van der Waals surface area contributed by atoms with Crippen LogP contribution in [0.5, 0.6) is 11.5 Å². The van der Waals surface area contributed by atoms with Crippen molar-refractivity contribution in [1.29, 1.82) is 0 Å². The van der Waals surface area contributed by atoms with Gasteiger partial charge in [0.15, 0.2) is 0 Å². The third kappa shape index (κ3) is 6.08. The maximum atomic E-state index is 12.9. The molecule has 0 radical (unpaired) electrons. The summed E-state index contributed by atoms with van der Waals surface area (Å²) in [6.45, 7) is 2.46. The van der Waals surface area contributed by atoms with E-state index in [1.807, 2.05) is 0 Å². The molecular weight excluding hydrogens is 400 g/mol. The number of carbonyl (C=O) groups excluding carboxylic acids is 4. The molecule has 0 atom stereocenters. The molecule has 0 aliphatic rings. The number of carbonyl (C=O) groups is 4. The summed E-state index contributed by atoms with van der Waals surface area (Å²) >= 11 is 0. The quantitative estimate of drug-likeness (QED) is 0.364. The van der Waals surface area contributed by atoms with Crippen LogP contribution in [0.1, 0.15) is 26.7 Å². The van der Waals surface area contributed by atoms with E-state index >= 15 is 0 Å². The molecule has 2 rings (SSSR count). The summed E-state index contributed by atoms with van der Waals surface area (Å²) in [4.78, 5) is 44.9. The Balaban J connectivity index is 2.27. The molecule has 0 heterocycles. The summed E-state index contributed by atoms with van der Waals surface area (Å²) in [5.41, 5.74) is 0. The van der Waals surface area contributed by atoms with Crippen molar-refractivity contribution in [2.45, 2.75) is 36.5 Å². The topological polar surface area (TPSA) is 121 Å². The van der Waals surface area contributed by atoms with Crippen LogP contribution in [0.2, 0.25) is 0 Å². The molecule has 0 N–H and O–H groups in total. The van der Waals surface area contributed by atoms with Gasteiger partial charge in [-0.25, -0.2) is 8.42 Å². The van der Waals surface area contributed by atoms with Crippen LogP contribution >= 0.6 is 0 Å². The molecule has 2 aromatic carbocycles. The Bertz CT molecular complexity index is 1050. The van der Waals surface area contributed by atoms with Gasteiger partial charge < -0.3 is 9.47 Å². The summed E-state index contributed by atoms with van der Waals surface area (Å²) in [7, 11) is -4.06. The molecule has 0 unspecified atom stereocenters. The second-order valence-corrected chi connectivity index (χ2v) is 8.05. The molecule has 0 aliphatic carbocycles. The molecule has 0 amide bonds. The van der Waals surface area contributed by atoms with E-state index in [0.717, 1.165) is 0 Å². The zero-order valence-corrected chi connectivity index (χ0v) is 16.5. The third-order valence-corrected chi connectivity index (χ3v) is 5.32. The summed E-state index contributed by atoms with van der Waals surface area (Å²) in [5.74, 6) is -2.51. The molecule has 0 saturated heterocycles. The van der Waals surface area contributed by atoms with Gasteiger partial charge in [0.05, 0.1) is 4.90 Å². The number of rotatable bonds is 8. The molecule has 152 valence electrons. The highest BCUT2D eigenvalue weighted by atomic mass is 32.2. The molecule has 0 aliphatic heterocycles. The number of esters is 2. The van der Waals surface area contributed by atoms with E-state index in [2.05, 4.69) is 0 Å². The SMILES string of the molecule is CC(=O)CC(=O)Oc1ccc(S(=O)(=O)c2ccccc2OC(=O)CC(C)=O)cc1. The first-order chi connectivity index (χ1) is 13.6. The highest BCUT2D eigenvalue weighted by Gasteiger charge is 2.24. The van der Waals surface area contributed by atoms with Crippen molar-refractivity contribution in [3.05, 3.63) is 48.5 Å². The first kappa shape index (κ1) is 22.0. The number of ether oxygens (including phenoxy) is 2. The molecule has 0 spiro atoms. The van der Waals surface area contributed by atoms with Crippen molar-refractivity contribution in [2.24, 2.45) is 0 Å². The zero-order valence-electron chi connectivity index (χ0n) is 15.7. The van der Waals surface area contributed by atoms with Crippen LogP contribution in [-0.4, -0.2) is 31.9 Å². The van der Waals surface area contributed by atoms with Crippen molar-refractivity contribution < 1.29 is 37.1 Å². The van der Waals surface area contributed by atoms with Crippen molar-refractivity contribution in [1.82, 2.24) is 0 Å². The van der Waals surface area contributed by atoms with E-state index < -0.39 is 34.0 Å². The van der Waals surface area contributed by atoms with Crippen LogP contribution < -0.4 is 9.47 Å². The average Bonchev–Trinajstić information content (AvgIpc) is 2.61. The smallest absolute Gasteiger partial charge is 0.318 e. The summed E-state index contributed by atoms with van der Waals surface area (Å²) in [5, 5.41) is 0. The van der Waals surface area contributed by atoms with Gasteiger partial charge in [0.1, 0.15) is 40.8 Å². The van der Waals surface area contributed by atoms with Crippen molar-refractivity contribution in [3.63, 3.8) is 0 Å². The fraction of sp³-hybridized carbons (Fsp3) is 0.200. The fourth-order valence-electron chi connectivity index (χ4n) is 2.30. The lowest BCUT2D eigenvalue weighted by atomic mass is 10.3. The highest BCUT2D eigenvalue weighted by molar-refractivity contribution is 7.91. The number of sulfone groups is 1. The third-order valence-electron chi connectivity index (χ3n) is 3.51. The van der Waals surface area contributed by atoms with Crippen LogP contribution in [0, 0.1) is 0 Å². The lowest BCUT2D eigenvalue weighted by molar-refractivity contribution is -0.139. The maximum Gasteiger partial charge on any atom is 0.318 e. The molecule has 0 saturated carbocycles. The van der Waals surface area contributed by atoms with Crippen LogP contribution in [0.15, 0.2) is 58.3 Å². The number of para-hydroxylation sites is 1. The van der Waals surface area contributed by atoms with Gasteiger partial charge >= 0.3 is 11.9 Å². The average molecular weight is 418 g/mol. The van der Waals surface area contributed by atoms with E-state index in [-0.39, 0.29) is 33.5 Å². The van der Waals surface area contributed by atoms with E-state index in [0.29, 0.717) is 0 Å². The largest absolute Gasteiger partial charge is 0.426 e. The Morgan fingerprint density at radius 1 is 0.759 bits per heavy atom. The Labute approximate surface area is 167 Å². The van der Waals surface area contributed by atoms with E-state index in [9.17, 15) is 27.6 Å². The summed E-state index contributed by atoms with van der Waals surface area (Å²) in [6, 6.07) is 10.5. The predicted molar refractivity (Wildman–Crippen MR) is 100 cm³/mol. The van der Waals surface area contributed by atoms with Crippen LogP contribution in [0.3, 0.4) is 0 Å². The minimum atomic E-state index is -4.06. The molecule has 2 aromatic rings. The van der Waals surface area contributed by atoms with Crippen molar-refractivity contribution in [3.8, 4) is 11.5 Å². The van der Waals surface area contributed by atoms with Crippen molar-refractivity contribution >= 4 is 33.3 Å². The number of benzene rings is 2. The number of ketones is 2. The summed E-state index contributed by atoms with van der Waals surface area (Å²) in [6.07, 6.45) is -0.867. The second kappa shape index (κ2) is 9.24. The number of hydrogen-bond donors (Lipinski definition) is 0. The Hall–Kier alpha value is -3.33. The minimum Gasteiger partial charge on any atom is -0.426 e. The molecule has 29 heavy (non-hydrogen) atoms. The van der Waals surface area contributed by atoms with Gasteiger partial charge in [-0.15, -0.1) is 0 Å². The van der Waals surface area contributed by atoms with Crippen LogP contribution in [0.25, 0.3) is 0 Å². The van der Waals surface area contributed by atoms with Gasteiger partial charge in [-0.3, -0.25) is 19.2 Å².